The first-order valence-corrected chi connectivity index (χ1v) is 8.39. The quantitative estimate of drug-likeness (QED) is 0.835. The normalized spacial score (nSPS) is 23.1. The van der Waals surface area contributed by atoms with Crippen LogP contribution in [0.5, 0.6) is 0 Å². The molecular weight excluding hydrogens is 262 g/mol. The number of nitrogens with one attached hydrogen (secondary N) is 1. The van der Waals surface area contributed by atoms with Crippen molar-refractivity contribution in [3.63, 3.8) is 0 Å². The van der Waals surface area contributed by atoms with Crippen molar-refractivity contribution in [1.82, 2.24) is 20.4 Å². The Kier molecular flexibility index (Phi) is 5.04. The maximum absolute atomic E-state index is 4.45. The lowest BCUT2D eigenvalue weighted by atomic mass is 10.2. The van der Waals surface area contributed by atoms with Gasteiger partial charge in [-0.15, -0.1) is 5.10 Å². The lowest BCUT2D eigenvalue weighted by Crippen LogP contribution is -2.37. The Morgan fingerprint density at radius 1 is 1.19 bits per heavy atom. The largest absolute Gasteiger partial charge is 0.354 e. The van der Waals surface area contributed by atoms with Crippen molar-refractivity contribution in [2.24, 2.45) is 0 Å². The third kappa shape index (κ3) is 3.71. The predicted octanol–water partition coefficient (Wildman–Crippen LogP) is 1.65. The van der Waals surface area contributed by atoms with Gasteiger partial charge in [0, 0.05) is 32.2 Å². The highest BCUT2D eigenvalue weighted by atomic mass is 15.3. The van der Waals surface area contributed by atoms with Gasteiger partial charge in [-0.3, -0.25) is 4.90 Å². The standard InChI is InChI=1S/C16H27N5/c1-2-8-17-12-14-6-7-16(19-18-14)21-11-4-10-20-9-3-5-15(20)13-21/h6-7,15,17H,2-5,8-13H2,1H3. The number of rotatable bonds is 5. The summed E-state index contributed by atoms with van der Waals surface area (Å²) < 4.78 is 0. The fourth-order valence-corrected chi connectivity index (χ4v) is 3.42. The molecule has 0 spiro atoms. The molecule has 1 aromatic heterocycles. The van der Waals surface area contributed by atoms with Crippen molar-refractivity contribution < 1.29 is 0 Å². The van der Waals surface area contributed by atoms with Crippen LogP contribution in [0.15, 0.2) is 12.1 Å². The Hall–Kier alpha value is -1.20. The van der Waals surface area contributed by atoms with Crippen LogP contribution in [0.25, 0.3) is 0 Å². The average molecular weight is 289 g/mol. The van der Waals surface area contributed by atoms with E-state index >= 15 is 0 Å². The van der Waals surface area contributed by atoms with Gasteiger partial charge in [0.05, 0.1) is 5.69 Å². The van der Waals surface area contributed by atoms with E-state index in [0.29, 0.717) is 0 Å². The van der Waals surface area contributed by atoms with E-state index in [1.165, 1.54) is 32.4 Å². The molecule has 2 aliphatic rings. The molecule has 0 aromatic carbocycles. The van der Waals surface area contributed by atoms with Gasteiger partial charge in [0.15, 0.2) is 5.82 Å². The van der Waals surface area contributed by atoms with Gasteiger partial charge in [0.1, 0.15) is 0 Å². The van der Waals surface area contributed by atoms with Crippen LogP contribution >= 0.6 is 0 Å². The molecule has 0 amide bonds. The van der Waals surface area contributed by atoms with Gasteiger partial charge in [-0.05, 0) is 50.9 Å². The molecule has 1 aromatic rings. The van der Waals surface area contributed by atoms with Gasteiger partial charge < -0.3 is 10.2 Å². The van der Waals surface area contributed by atoms with Crippen LogP contribution in [0.4, 0.5) is 5.82 Å². The minimum atomic E-state index is 0.722. The summed E-state index contributed by atoms with van der Waals surface area (Å²) in [5, 5.41) is 12.2. The molecule has 0 aliphatic carbocycles. The molecular formula is C16H27N5. The van der Waals surface area contributed by atoms with Crippen LogP contribution in [-0.4, -0.2) is 53.9 Å². The van der Waals surface area contributed by atoms with Crippen molar-refractivity contribution in [2.45, 2.75) is 45.2 Å². The summed E-state index contributed by atoms with van der Waals surface area (Å²) in [7, 11) is 0. The van der Waals surface area contributed by atoms with Gasteiger partial charge in [-0.25, -0.2) is 0 Å². The van der Waals surface area contributed by atoms with E-state index in [1.807, 2.05) is 0 Å². The number of aromatic nitrogens is 2. The number of hydrogen-bond donors (Lipinski definition) is 1. The molecule has 21 heavy (non-hydrogen) atoms. The van der Waals surface area contributed by atoms with Gasteiger partial charge in [0.25, 0.3) is 0 Å². The summed E-state index contributed by atoms with van der Waals surface area (Å²) in [6, 6.07) is 4.98. The molecule has 2 saturated heterocycles. The Balaban J connectivity index is 1.60. The van der Waals surface area contributed by atoms with Gasteiger partial charge >= 0.3 is 0 Å². The van der Waals surface area contributed by atoms with Crippen LogP contribution in [0.1, 0.15) is 38.3 Å². The lowest BCUT2D eigenvalue weighted by Gasteiger charge is -2.26. The molecule has 3 rings (SSSR count). The lowest BCUT2D eigenvalue weighted by molar-refractivity contribution is 0.273. The highest BCUT2D eigenvalue weighted by Gasteiger charge is 2.29. The van der Waals surface area contributed by atoms with E-state index in [9.17, 15) is 0 Å². The van der Waals surface area contributed by atoms with Crippen molar-refractivity contribution in [1.29, 1.82) is 0 Å². The Morgan fingerprint density at radius 3 is 2.90 bits per heavy atom. The van der Waals surface area contributed by atoms with E-state index < -0.39 is 0 Å². The van der Waals surface area contributed by atoms with Crippen LogP contribution in [0, 0.1) is 0 Å². The van der Waals surface area contributed by atoms with Crippen LogP contribution in [0.2, 0.25) is 0 Å². The molecule has 5 heteroatoms. The fraction of sp³-hybridized carbons (Fsp3) is 0.750. The van der Waals surface area contributed by atoms with E-state index in [-0.39, 0.29) is 0 Å². The first-order chi connectivity index (χ1) is 10.4. The maximum atomic E-state index is 4.45. The molecule has 2 aliphatic heterocycles. The van der Waals surface area contributed by atoms with Crippen molar-refractivity contribution in [3.05, 3.63) is 17.8 Å². The van der Waals surface area contributed by atoms with Gasteiger partial charge in [-0.1, -0.05) is 6.92 Å². The third-order valence-electron chi connectivity index (χ3n) is 4.57. The molecule has 1 N–H and O–H groups in total. The molecule has 1 unspecified atom stereocenters. The summed E-state index contributed by atoms with van der Waals surface area (Å²) >= 11 is 0. The van der Waals surface area contributed by atoms with Crippen molar-refractivity contribution in [3.8, 4) is 0 Å². The zero-order chi connectivity index (χ0) is 14.5. The number of anilines is 1. The first-order valence-electron chi connectivity index (χ1n) is 8.39. The van der Waals surface area contributed by atoms with E-state index in [0.717, 1.165) is 50.2 Å². The molecule has 0 bridgehead atoms. The maximum Gasteiger partial charge on any atom is 0.151 e. The monoisotopic (exact) mass is 289 g/mol. The van der Waals surface area contributed by atoms with Crippen LogP contribution in [-0.2, 0) is 6.54 Å². The molecule has 1 atom stereocenters. The van der Waals surface area contributed by atoms with E-state index in [2.05, 4.69) is 44.4 Å². The second-order valence-corrected chi connectivity index (χ2v) is 6.19. The second-order valence-electron chi connectivity index (χ2n) is 6.19. The minimum Gasteiger partial charge on any atom is -0.354 e. The van der Waals surface area contributed by atoms with Gasteiger partial charge in [-0.2, -0.15) is 5.10 Å². The number of fused-ring (bicyclic) bond motifs is 1. The van der Waals surface area contributed by atoms with Crippen LogP contribution in [0.3, 0.4) is 0 Å². The summed E-state index contributed by atoms with van der Waals surface area (Å²) in [5.74, 6) is 1.04. The summed E-state index contributed by atoms with van der Waals surface area (Å²) in [4.78, 5) is 5.07. The molecule has 5 nitrogen and oxygen atoms in total. The highest BCUT2D eigenvalue weighted by molar-refractivity contribution is 5.38. The summed E-state index contributed by atoms with van der Waals surface area (Å²) in [6.45, 7) is 8.77. The summed E-state index contributed by atoms with van der Waals surface area (Å²) in [5.41, 5.74) is 1.03. The molecule has 0 saturated carbocycles. The topological polar surface area (TPSA) is 44.3 Å². The van der Waals surface area contributed by atoms with Gasteiger partial charge in [0.2, 0.25) is 0 Å². The van der Waals surface area contributed by atoms with E-state index in [1.54, 1.807) is 0 Å². The SMILES string of the molecule is CCCNCc1ccc(N2CCCN3CCCC3C2)nn1. The van der Waals surface area contributed by atoms with E-state index in [4.69, 9.17) is 0 Å². The molecule has 2 fully saturated rings. The zero-order valence-corrected chi connectivity index (χ0v) is 13.1. The highest BCUT2D eigenvalue weighted by Crippen LogP contribution is 2.23. The number of nitrogens with zero attached hydrogens (tertiary/aromatic N) is 4. The Bertz CT molecular complexity index is 433. The Morgan fingerprint density at radius 2 is 2.10 bits per heavy atom. The minimum absolute atomic E-state index is 0.722. The third-order valence-corrected chi connectivity index (χ3v) is 4.57. The fourth-order valence-electron chi connectivity index (χ4n) is 3.42. The Labute approximate surface area is 127 Å². The second kappa shape index (κ2) is 7.18. The molecule has 3 heterocycles. The number of hydrogen-bond acceptors (Lipinski definition) is 5. The average Bonchev–Trinajstić information content (AvgIpc) is 2.85. The van der Waals surface area contributed by atoms with Crippen molar-refractivity contribution in [2.75, 3.05) is 37.6 Å². The zero-order valence-electron chi connectivity index (χ0n) is 13.1. The first kappa shape index (κ1) is 14.7. The van der Waals surface area contributed by atoms with Crippen LogP contribution < -0.4 is 10.2 Å². The van der Waals surface area contributed by atoms with Crippen molar-refractivity contribution >= 4 is 5.82 Å². The molecule has 116 valence electrons. The molecule has 0 radical (unpaired) electrons. The summed E-state index contributed by atoms with van der Waals surface area (Å²) in [6.07, 6.45) is 5.07. The smallest absolute Gasteiger partial charge is 0.151 e. The predicted molar refractivity (Wildman–Crippen MR) is 85.5 cm³/mol.